The predicted molar refractivity (Wildman–Crippen MR) is 42.7 cm³/mol. The van der Waals surface area contributed by atoms with Gasteiger partial charge in [0.2, 0.25) is 0 Å². The summed E-state index contributed by atoms with van der Waals surface area (Å²) in [7, 11) is -1.28. The van der Waals surface area contributed by atoms with Crippen molar-refractivity contribution in [2.75, 3.05) is 19.9 Å². The SMILES string of the molecule is [C-]#[N+]COP(OCC)OCC. The molecule has 0 bridgehead atoms. The van der Waals surface area contributed by atoms with Crippen LogP contribution in [0.1, 0.15) is 13.8 Å². The lowest BCUT2D eigenvalue weighted by Gasteiger charge is -2.10. The molecule has 0 saturated carbocycles. The van der Waals surface area contributed by atoms with Crippen molar-refractivity contribution in [3.05, 3.63) is 11.4 Å². The normalized spacial score (nSPS) is 10.0. The van der Waals surface area contributed by atoms with Crippen LogP contribution in [0.4, 0.5) is 0 Å². The Morgan fingerprint density at radius 3 is 2.09 bits per heavy atom. The van der Waals surface area contributed by atoms with E-state index < -0.39 is 8.60 Å². The molecule has 0 spiro atoms. The average Bonchev–Trinajstić information content (AvgIpc) is 2.01. The molecule has 0 aromatic carbocycles. The van der Waals surface area contributed by atoms with Crippen LogP contribution in [-0.2, 0) is 13.6 Å². The summed E-state index contributed by atoms with van der Waals surface area (Å²) in [5.74, 6) is 0. The summed E-state index contributed by atoms with van der Waals surface area (Å²) in [5, 5.41) is 0. The van der Waals surface area contributed by atoms with Crippen LogP contribution >= 0.6 is 8.60 Å². The van der Waals surface area contributed by atoms with Crippen LogP contribution in [0.2, 0.25) is 0 Å². The van der Waals surface area contributed by atoms with Crippen molar-refractivity contribution in [1.82, 2.24) is 0 Å². The number of rotatable bonds is 6. The van der Waals surface area contributed by atoms with E-state index >= 15 is 0 Å². The van der Waals surface area contributed by atoms with Gasteiger partial charge < -0.3 is 9.05 Å². The van der Waals surface area contributed by atoms with E-state index in [1.165, 1.54) is 0 Å². The predicted octanol–water partition coefficient (Wildman–Crippen LogP) is 2.18. The van der Waals surface area contributed by atoms with Gasteiger partial charge in [0, 0.05) is 0 Å². The fraction of sp³-hybridized carbons (Fsp3) is 0.833. The van der Waals surface area contributed by atoms with E-state index in [2.05, 4.69) is 4.85 Å². The molecule has 64 valence electrons. The van der Waals surface area contributed by atoms with Gasteiger partial charge in [0.15, 0.2) is 0 Å². The van der Waals surface area contributed by atoms with E-state index in [1.54, 1.807) is 0 Å². The van der Waals surface area contributed by atoms with Gasteiger partial charge in [-0.3, -0.25) is 4.85 Å². The van der Waals surface area contributed by atoms with Gasteiger partial charge in [-0.2, -0.15) is 0 Å². The lowest BCUT2D eigenvalue weighted by molar-refractivity contribution is 0.181. The minimum Gasteiger partial charge on any atom is -0.312 e. The number of hydrogen-bond donors (Lipinski definition) is 0. The minimum atomic E-state index is -1.28. The summed E-state index contributed by atoms with van der Waals surface area (Å²) in [5.41, 5.74) is 0. The Hall–Kier alpha value is -0.200. The van der Waals surface area contributed by atoms with Crippen LogP contribution in [0.15, 0.2) is 0 Å². The van der Waals surface area contributed by atoms with Crippen molar-refractivity contribution in [2.45, 2.75) is 13.8 Å². The van der Waals surface area contributed by atoms with E-state index in [9.17, 15) is 0 Å². The van der Waals surface area contributed by atoms with Gasteiger partial charge in [-0.1, -0.05) is 0 Å². The summed E-state index contributed by atoms with van der Waals surface area (Å²) in [6.45, 7) is 11.3. The van der Waals surface area contributed by atoms with Crippen LogP contribution in [0, 0.1) is 6.57 Å². The standard InChI is InChI=1S/C6H12NO3P/c1-4-8-11(9-5-2)10-6-7-3/h4-6H2,1-2H3. The highest BCUT2D eigenvalue weighted by Gasteiger charge is 2.10. The first kappa shape index (κ1) is 10.8. The molecule has 0 saturated heterocycles. The minimum absolute atomic E-state index is 0.00566. The molecule has 0 atom stereocenters. The summed E-state index contributed by atoms with van der Waals surface area (Å²) >= 11 is 0. The zero-order chi connectivity index (χ0) is 8.53. The van der Waals surface area contributed by atoms with Crippen LogP contribution in [0.3, 0.4) is 0 Å². The fourth-order valence-electron chi connectivity index (χ4n) is 0.399. The number of hydrogen-bond acceptors (Lipinski definition) is 3. The molecule has 0 aromatic rings. The molecule has 0 radical (unpaired) electrons. The molecule has 0 aromatic heterocycles. The van der Waals surface area contributed by atoms with Crippen LogP contribution < -0.4 is 0 Å². The van der Waals surface area contributed by atoms with Crippen LogP contribution in [0.25, 0.3) is 4.85 Å². The highest BCUT2D eigenvalue weighted by atomic mass is 31.2. The van der Waals surface area contributed by atoms with Crippen LogP contribution in [0.5, 0.6) is 0 Å². The van der Waals surface area contributed by atoms with Gasteiger partial charge >= 0.3 is 15.3 Å². The van der Waals surface area contributed by atoms with E-state index in [1.807, 2.05) is 13.8 Å². The van der Waals surface area contributed by atoms with Crippen molar-refractivity contribution in [3.8, 4) is 0 Å². The molecule has 0 N–H and O–H groups in total. The Labute approximate surface area is 68.3 Å². The van der Waals surface area contributed by atoms with Crippen molar-refractivity contribution < 1.29 is 13.6 Å². The first-order chi connectivity index (χ1) is 5.35. The second-order valence-electron chi connectivity index (χ2n) is 1.48. The molecule has 11 heavy (non-hydrogen) atoms. The molecule has 4 nitrogen and oxygen atoms in total. The summed E-state index contributed by atoms with van der Waals surface area (Å²) in [4.78, 5) is 3.02. The molecule has 0 fully saturated rings. The highest BCUT2D eigenvalue weighted by Crippen LogP contribution is 2.38. The smallest absolute Gasteiger partial charge is 0.312 e. The maximum atomic E-state index is 6.46. The highest BCUT2D eigenvalue weighted by molar-refractivity contribution is 7.41. The molecule has 0 heterocycles. The first-order valence-corrected chi connectivity index (χ1v) is 4.46. The largest absolute Gasteiger partial charge is 0.338 e. The molecular weight excluding hydrogens is 165 g/mol. The van der Waals surface area contributed by atoms with Gasteiger partial charge in [0.25, 0.3) is 0 Å². The lowest BCUT2D eigenvalue weighted by atomic mass is 10.9. The zero-order valence-corrected chi connectivity index (χ0v) is 7.63. The van der Waals surface area contributed by atoms with Gasteiger partial charge in [-0.15, -0.1) is 0 Å². The Morgan fingerprint density at radius 1 is 1.18 bits per heavy atom. The average molecular weight is 177 g/mol. The fourth-order valence-corrected chi connectivity index (χ4v) is 1.20. The van der Waals surface area contributed by atoms with Crippen molar-refractivity contribution in [3.63, 3.8) is 0 Å². The van der Waals surface area contributed by atoms with Crippen LogP contribution in [-0.4, -0.2) is 19.9 Å². The lowest BCUT2D eigenvalue weighted by Crippen LogP contribution is -1.94. The Balaban J connectivity index is 3.44. The van der Waals surface area contributed by atoms with E-state index in [4.69, 9.17) is 20.1 Å². The Bertz CT molecular complexity index is 119. The van der Waals surface area contributed by atoms with Crippen molar-refractivity contribution in [1.29, 1.82) is 0 Å². The molecule has 0 amide bonds. The van der Waals surface area contributed by atoms with Gasteiger partial charge in [-0.05, 0) is 13.8 Å². The monoisotopic (exact) mass is 177 g/mol. The molecular formula is C6H12NO3P. The Morgan fingerprint density at radius 2 is 1.73 bits per heavy atom. The Kier molecular flexibility index (Phi) is 7.76. The number of nitrogens with zero attached hydrogens (tertiary/aromatic N) is 1. The van der Waals surface area contributed by atoms with E-state index in [-0.39, 0.29) is 6.73 Å². The maximum Gasteiger partial charge on any atom is 0.338 e. The molecule has 5 heteroatoms. The first-order valence-electron chi connectivity index (χ1n) is 3.37. The molecule has 0 rings (SSSR count). The van der Waals surface area contributed by atoms with Crippen molar-refractivity contribution in [2.24, 2.45) is 0 Å². The second kappa shape index (κ2) is 7.90. The van der Waals surface area contributed by atoms with Gasteiger partial charge in [0.1, 0.15) is 0 Å². The topological polar surface area (TPSA) is 32.0 Å². The van der Waals surface area contributed by atoms with Gasteiger partial charge in [-0.25, -0.2) is 11.1 Å². The van der Waals surface area contributed by atoms with E-state index in [0.717, 1.165) is 0 Å². The zero-order valence-electron chi connectivity index (χ0n) is 6.74. The summed E-state index contributed by atoms with van der Waals surface area (Å²) in [6, 6.07) is 0. The second-order valence-corrected chi connectivity index (χ2v) is 2.70. The summed E-state index contributed by atoms with van der Waals surface area (Å²) in [6.07, 6.45) is 0. The molecule has 0 aliphatic carbocycles. The maximum absolute atomic E-state index is 6.46. The third-order valence-corrected chi connectivity index (χ3v) is 1.96. The molecule has 0 aliphatic heterocycles. The quantitative estimate of drug-likeness (QED) is 0.460. The summed E-state index contributed by atoms with van der Waals surface area (Å²) < 4.78 is 15.1. The van der Waals surface area contributed by atoms with Gasteiger partial charge in [0.05, 0.1) is 13.2 Å². The third-order valence-electron chi connectivity index (χ3n) is 0.697. The third kappa shape index (κ3) is 6.21. The molecule has 0 unspecified atom stereocenters. The molecule has 0 aliphatic rings. The van der Waals surface area contributed by atoms with Crippen molar-refractivity contribution >= 4 is 8.60 Å². The van der Waals surface area contributed by atoms with E-state index in [0.29, 0.717) is 13.2 Å².